The summed E-state index contributed by atoms with van der Waals surface area (Å²) in [6, 6.07) is 4.00. The Bertz CT molecular complexity index is 379. The zero-order valence-electron chi connectivity index (χ0n) is 7.90. The second kappa shape index (κ2) is 5.09. The van der Waals surface area contributed by atoms with Gasteiger partial charge in [0, 0.05) is 0 Å². The molecule has 0 saturated carbocycles. The monoisotopic (exact) mass is 211 g/mol. The zero-order chi connectivity index (χ0) is 11.3. The highest BCUT2D eigenvalue weighted by Gasteiger charge is 2.09. The van der Waals surface area contributed by atoms with Crippen LogP contribution >= 0.6 is 0 Å². The molecule has 0 bridgehead atoms. The molecular formula is C10H10FNO3. The molecule has 0 aliphatic rings. The van der Waals surface area contributed by atoms with Gasteiger partial charge in [-0.15, -0.1) is 0 Å². The van der Waals surface area contributed by atoms with E-state index in [-0.39, 0.29) is 24.3 Å². The number of hydrogen-bond donors (Lipinski definition) is 1. The lowest BCUT2D eigenvalue weighted by atomic mass is 10.2. The fourth-order valence-electron chi connectivity index (χ4n) is 1.02. The first-order valence-electron chi connectivity index (χ1n) is 4.30. The quantitative estimate of drug-likeness (QED) is 0.735. The van der Waals surface area contributed by atoms with Gasteiger partial charge in [0.25, 0.3) is 0 Å². The molecule has 0 saturated heterocycles. The van der Waals surface area contributed by atoms with Gasteiger partial charge in [0.2, 0.25) is 5.91 Å². The van der Waals surface area contributed by atoms with Crippen molar-refractivity contribution < 1.29 is 18.7 Å². The number of rotatable bonds is 5. The molecule has 0 spiro atoms. The Labute approximate surface area is 85.8 Å². The van der Waals surface area contributed by atoms with Crippen molar-refractivity contribution in [1.29, 1.82) is 0 Å². The van der Waals surface area contributed by atoms with Gasteiger partial charge in [-0.05, 0) is 12.1 Å². The van der Waals surface area contributed by atoms with Crippen molar-refractivity contribution in [3.05, 3.63) is 29.6 Å². The number of benzene rings is 1. The standard InChI is InChI=1S/C10H10FNO3/c11-8-3-1-2-7(6-13)10(8)15-5-4-9(12)14/h1-3,6H,4-5H2,(H2,12,14). The minimum absolute atomic E-state index is 0.0212. The van der Waals surface area contributed by atoms with E-state index in [9.17, 15) is 14.0 Å². The summed E-state index contributed by atoms with van der Waals surface area (Å²) >= 11 is 0. The predicted molar refractivity (Wildman–Crippen MR) is 51.1 cm³/mol. The average molecular weight is 211 g/mol. The predicted octanol–water partition coefficient (Wildman–Crippen LogP) is 0.892. The van der Waals surface area contributed by atoms with E-state index in [0.717, 1.165) is 0 Å². The normalized spacial score (nSPS) is 9.67. The lowest BCUT2D eigenvalue weighted by Gasteiger charge is -2.07. The van der Waals surface area contributed by atoms with Gasteiger partial charge in [-0.2, -0.15) is 0 Å². The Morgan fingerprint density at radius 1 is 1.53 bits per heavy atom. The van der Waals surface area contributed by atoms with Crippen LogP contribution in [0, 0.1) is 5.82 Å². The molecule has 0 aliphatic heterocycles. The molecule has 15 heavy (non-hydrogen) atoms. The topological polar surface area (TPSA) is 69.4 Å². The van der Waals surface area contributed by atoms with Crippen LogP contribution in [0.3, 0.4) is 0 Å². The fraction of sp³-hybridized carbons (Fsp3) is 0.200. The third-order valence-corrected chi connectivity index (χ3v) is 1.72. The molecule has 5 heteroatoms. The number of primary amides is 1. The molecule has 1 amide bonds. The Morgan fingerprint density at radius 2 is 2.27 bits per heavy atom. The van der Waals surface area contributed by atoms with Gasteiger partial charge in [-0.3, -0.25) is 9.59 Å². The third kappa shape index (κ3) is 3.05. The second-order valence-corrected chi connectivity index (χ2v) is 2.84. The summed E-state index contributed by atoms with van der Waals surface area (Å²) in [5.41, 5.74) is 4.99. The van der Waals surface area contributed by atoms with Crippen LogP contribution < -0.4 is 10.5 Å². The summed E-state index contributed by atoms with van der Waals surface area (Å²) in [5.74, 6) is -1.32. The van der Waals surface area contributed by atoms with Crippen molar-refractivity contribution in [3.8, 4) is 5.75 Å². The molecule has 0 radical (unpaired) electrons. The van der Waals surface area contributed by atoms with Crippen LogP contribution in [-0.4, -0.2) is 18.8 Å². The maximum absolute atomic E-state index is 13.2. The van der Waals surface area contributed by atoms with Crippen molar-refractivity contribution in [3.63, 3.8) is 0 Å². The van der Waals surface area contributed by atoms with Crippen LogP contribution in [0.2, 0.25) is 0 Å². The fourth-order valence-corrected chi connectivity index (χ4v) is 1.02. The number of halogens is 1. The van der Waals surface area contributed by atoms with Gasteiger partial charge in [-0.25, -0.2) is 4.39 Å². The summed E-state index contributed by atoms with van der Waals surface area (Å²) in [6.07, 6.45) is 0.468. The van der Waals surface area contributed by atoms with Crippen molar-refractivity contribution in [1.82, 2.24) is 0 Å². The molecule has 4 nitrogen and oxygen atoms in total. The summed E-state index contributed by atoms with van der Waals surface area (Å²) in [7, 11) is 0. The Hall–Kier alpha value is -1.91. The number of carbonyl (C=O) groups is 2. The highest BCUT2D eigenvalue weighted by molar-refractivity contribution is 5.79. The van der Waals surface area contributed by atoms with Gasteiger partial charge >= 0.3 is 0 Å². The van der Waals surface area contributed by atoms with Gasteiger partial charge in [0.15, 0.2) is 17.9 Å². The van der Waals surface area contributed by atoms with Crippen LogP contribution in [0.1, 0.15) is 16.8 Å². The molecule has 1 rings (SSSR count). The van der Waals surface area contributed by atoms with Crippen LogP contribution in [0.4, 0.5) is 4.39 Å². The molecule has 0 aromatic heterocycles. The molecule has 0 unspecified atom stereocenters. The smallest absolute Gasteiger partial charge is 0.220 e. The van der Waals surface area contributed by atoms with E-state index in [1.165, 1.54) is 18.2 Å². The van der Waals surface area contributed by atoms with E-state index >= 15 is 0 Å². The van der Waals surface area contributed by atoms with Crippen LogP contribution in [0.15, 0.2) is 18.2 Å². The number of aldehydes is 1. The van der Waals surface area contributed by atoms with Gasteiger partial charge < -0.3 is 10.5 Å². The lowest BCUT2D eigenvalue weighted by Crippen LogP contribution is -2.15. The van der Waals surface area contributed by atoms with E-state index in [1.807, 2.05) is 0 Å². The van der Waals surface area contributed by atoms with Crippen molar-refractivity contribution in [2.75, 3.05) is 6.61 Å². The minimum Gasteiger partial charge on any atom is -0.489 e. The highest BCUT2D eigenvalue weighted by Crippen LogP contribution is 2.20. The Morgan fingerprint density at radius 3 is 2.87 bits per heavy atom. The Balaban J connectivity index is 2.74. The molecular weight excluding hydrogens is 201 g/mol. The molecule has 0 fully saturated rings. The molecule has 0 heterocycles. The number of ether oxygens (including phenoxy) is 1. The van der Waals surface area contributed by atoms with E-state index in [4.69, 9.17) is 10.5 Å². The van der Waals surface area contributed by atoms with Crippen LogP contribution in [-0.2, 0) is 4.79 Å². The molecule has 0 aliphatic carbocycles. The minimum atomic E-state index is -0.635. The van der Waals surface area contributed by atoms with E-state index in [1.54, 1.807) is 0 Å². The van der Waals surface area contributed by atoms with Gasteiger partial charge in [0.1, 0.15) is 0 Å². The van der Waals surface area contributed by atoms with E-state index in [2.05, 4.69) is 0 Å². The second-order valence-electron chi connectivity index (χ2n) is 2.84. The SMILES string of the molecule is NC(=O)CCOc1c(F)cccc1C=O. The Kier molecular flexibility index (Phi) is 3.79. The summed E-state index contributed by atoms with van der Waals surface area (Å²) in [5, 5.41) is 0. The van der Waals surface area contributed by atoms with Crippen molar-refractivity contribution in [2.24, 2.45) is 5.73 Å². The third-order valence-electron chi connectivity index (χ3n) is 1.72. The molecule has 1 aromatic rings. The van der Waals surface area contributed by atoms with Crippen molar-refractivity contribution in [2.45, 2.75) is 6.42 Å². The van der Waals surface area contributed by atoms with E-state index in [0.29, 0.717) is 6.29 Å². The average Bonchev–Trinajstić information content (AvgIpc) is 2.20. The number of hydrogen-bond acceptors (Lipinski definition) is 3. The molecule has 1 aromatic carbocycles. The summed E-state index contributed by atoms with van der Waals surface area (Å²) in [6.45, 7) is -0.0445. The lowest BCUT2D eigenvalue weighted by molar-refractivity contribution is -0.118. The number of amides is 1. The number of carbonyl (C=O) groups excluding carboxylic acids is 2. The highest BCUT2D eigenvalue weighted by atomic mass is 19.1. The molecule has 0 atom stereocenters. The van der Waals surface area contributed by atoms with Crippen molar-refractivity contribution >= 4 is 12.2 Å². The summed E-state index contributed by atoms with van der Waals surface area (Å²) < 4.78 is 18.1. The maximum atomic E-state index is 13.2. The zero-order valence-corrected chi connectivity index (χ0v) is 7.90. The number of para-hydroxylation sites is 1. The van der Waals surface area contributed by atoms with Gasteiger partial charge in [0.05, 0.1) is 18.6 Å². The van der Waals surface area contributed by atoms with Crippen LogP contribution in [0.25, 0.3) is 0 Å². The largest absolute Gasteiger partial charge is 0.489 e. The first-order valence-corrected chi connectivity index (χ1v) is 4.30. The van der Waals surface area contributed by atoms with Crippen LogP contribution in [0.5, 0.6) is 5.75 Å². The first-order chi connectivity index (χ1) is 7.15. The number of nitrogens with two attached hydrogens (primary N) is 1. The summed E-state index contributed by atoms with van der Waals surface area (Å²) in [4.78, 5) is 20.9. The first kappa shape index (κ1) is 11.2. The van der Waals surface area contributed by atoms with E-state index < -0.39 is 11.7 Å². The maximum Gasteiger partial charge on any atom is 0.220 e. The van der Waals surface area contributed by atoms with Gasteiger partial charge in [-0.1, -0.05) is 6.07 Å². The molecule has 80 valence electrons. The molecule has 2 N–H and O–H groups in total.